The van der Waals surface area contributed by atoms with E-state index in [1.807, 2.05) is 47.1 Å². The number of aryl methyl sites for hydroxylation is 2. The third-order valence-corrected chi connectivity index (χ3v) is 5.22. The van der Waals surface area contributed by atoms with Crippen molar-refractivity contribution >= 4 is 11.6 Å². The van der Waals surface area contributed by atoms with Crippen LogP contribution in [0.5, 0.6) is 0 Å². The van der Waals surface area contributed by atoms with Gasteiger partial charge in [0.2, 0.25) is 17.7 Å². The van der Waals surface area contributed by atoms with Gasteiger partial charge < -0.3 is 14.2 Å². The fourth-order valence-electron chi connectivity index (χ4n) is 3.55. The molecule has 2 heterocycles. The second-order valence-corrected chi connectivity index (χ2v) is 7.14. The van der Waals surface area contributed by atoms with E-state index in [0.717, 1.165) is 11.1 Å². The van der Waals surface area contributed by atoms with Gasteiger partial charge in [0.25, 0.3) is 0 Å². The number of amides is 1. The molecule has 2 aromatic carbocycles. The number of carbonyl (C=O) groups excluding carboxylic acids is 1. The maximum Gasteiger partial charge on any atom is 0.247 e. The Morgan fingerprint density at radius 2 is 1.76 bits per heavy atom. The molecule has 0 bridgehead atoms. The average molecular weight is 394 g/mol. The van der Waals surface area contributed by atoms with Crippen molar-refractivity contribution < 1.29 is 13.6 Å². The van der Waals surface area contributed by atoms with Gasteiger partial charge in [-0.15, -0.1) is 10.2 Å². The van der Waals surface area contributed by atoms with Gasteiger partial charge in [-0.25, -0.2) is 4.39 Å². The van der Waals surface area contributed by atoms with Crippen LogP contribution in [0.4, 0.5) is 10.1 Å². The molecule has 1 saturated heterocycles. The molecule has 3 aromatic rings. The predicted octanol–water partition coefficient (Wildman–Crippen LogP) is 3.47. The number of carbonyl (C=O) groups is 1. The van der Waals surface area contributed by atoms with Crippen LogP contribution in [0.25, 0.3) is 11.5 Å². The molecule has 29 heavy (non-hydrogen) atoms. The summed E-state index contributed by atoms with van der Waals surface area (Å²) >= 11 is 0. The Morgan fingerprint density at radius 1 is 1.03 bits per heavy atom. The summed E-state index contributed by atoms with van der Waals surface area (Å²) in [5.74, 6) is 0.757. The Hall–Kier alpha value is -3.22. The molecule has 6 nitrogen and oxygen atoms in total. The summed E-state index contributed by atoms with van der Waals surface area (Å²) in [6.07, 6.45) is 0.723. The monoisotopic (exact) mass is 394 g/mol. The van der Waals surface area contributed by atoms with E-state index >= 15 is 0 Å². The number of para-hydroxylation sites is 1. The van der Waals surface area contributed by atoms with Crippen LogP contribution in [0.2, 0.25) is 0 Å². The van der Waals surface area contributed by atoms with E-state index in [1.54, 1.807) is 12.1 Å². The summed E-state index contributed by atoms with van der Waals surface area (Å²) in [5.41, 5.74) is 2.56. The van der Waals surface area contributed by atoms with Gasteiger partial charge in [-0.2, -0.15) is 0 Å². The lowest BCUT2D eigenvalue weighted by Gasteiger charge is -2.36. The number of halogens is 1. The van der Waals surface area contributed by atoms with Crippen LogP contribution in [0.15, 0.2) is 52.9 Å². The lowest BCUT2D eigenvalue weighted by molar-refractivity contribution is -0.131. The van der Waals surface area contributed by atoms with Gasteiger partial charge in [-0.3, -0.25) is 4.79 Å². The molecule has 0 atom stereocenters. The molecular formula is C22H23FN4O2. The fraction of sp³-hybridized carbons (Fsp3) is 0.318. The van der Waals surface area contributed by atoms with Crippen LogP contribution < -0.4 is 4.90 Å². The van der Waals surface area contributed by atoms with E-state index in [9.17, 15) is 9.18 Å². The van der Waals surface area contributed by atoms with Crippen molar-refractivity contribution in [3.8, 4) is 11.5 Å². The van der Waals surface area contributed by atoms with Gasteiger partial charge in [0, 0.05) is 44.6 Å². The molecule has 7 heteroatoms. The van der Waals surface area contributed by atoms with Crippen molar-refractivity contribution in [3.63, 3.8) is 0 Å². The molecule has 1 aliphatic rings. The summed E-state index contributed by atoms with van der Waals surface area (Å²) in [6, 6.07) is 14.6. The maximum atomic E-state index is 13.9. The van der Waals surface area contributed by atoms with Crippen LogP contribution in [-0.2, 0) is 11.2 Å². The molecule has 0 aliphatic carbocycles. The number of piperazine rings is 1. The second kappa shape index (κ2) is 8.43. The molecule has 1 aliphatic heterocycles. The highest BCUT2D eigenvalue weighted by Crippen LogP contribution is 2.23. The maximum absolute atomic E-state index is 13.9. The number of anilines is 1. The molecule has 0 saturated carbocycles. The number of benzene rings is 2. The van der Waals surface area contributed by atoms with Gasteiger partial charge in [0.15, 0.2) is 0 Å². The lowest BCUT2D eigenvalue weighted by atomic mass is 10.1. The number of hydrogen-bond acceptors (Lipinski definition) is 5. The number of rotatable bonds is 5. The largest absolute Gasteiger partial charge is 0.421 e. The van der Waals surface area contributed by atoms with Gasteiger partial charge >= 0.3 is 0 Å². The molecule has 0 spiro atoms. The molecule has 0 N–H and O–H groups in total. The number of hydrogen-bond donors (Lipinski definition) is 0. The first-order valence-corrected chi connectivity index (χ1v) is 9.77. The normalized spacial score (nSPS) is 14.3. The Labute approximate surface area is 169 Å². The quantitative estimate of drug-likeness (QED) is 0.663. The molecule has 0 unspecified atom stereocenters. The third-order valence-electron chi connectivity index (χ3n) is 5.22. The van der Waals surface area contributed by atoms with E-state index in [4.69, 9.17) is 4.42 Å². The van der Waals surface area contributed by atoms with Crippen LogP contribution in [-0.4, -0.2) is 47.2 Å². The highest BCUT2D eigenvalue weighted by molar-refractivity contribution is 5.76. The van der Waals surface area contributed by atoms with Crippen molar-refractivity contribution in [1.82, 2.24) is 15.1 Å². The van der Waals surface area contributed by atoms with Crippen molar-refractivity contribution in [3.05, 3.63) is 65.8 Å². The second-order valence-electron chi connectivity index (χ2n) is 7.14. The molecule has 150 valence electrons. The summed E-state index contributed by atoms with van der Waals surface area (Å²) in [5, 5.41) is 8.18. The minimum atomic E-state index is -0.229. The summed E-state index contributed by atoms with van der Waals surface area (Å²) < 4.78 is 19.7. The summed E-state index contributed by atoms with van der Waals surface area (Å²) in [7, 11) is 0. The molecule has 0 radical (unpaired) electrons. The highest BCUT2D eigenvalue weighted by Gasteiger charge is 2.23. The first kappa shape index (κ1) is 19.1. The zero-order valence-corrected chi connectivity index (χ0v) is 16.3. The van der Waals surface area contributed by atoms with Crippen LogP contribution in [0.1, 0.15) is 17.9 Å². The van der Waals surface area contributed by atoms with Gasteiger partial charge in [0.1, 0.15) is 5.82 Å². The minimum absolute atomic E-state index is 0.0498. The smallest absolute Gasteiger partial charge is 0.247 e. The molecule has 1 fully saturated rings. The molecule has 1 amide bonds. The van der Waals surface area contributed by atoms with Crippen LogP contribution >= 0.6 is 0 Å². The van der Waals surface area contributed by atoms with Gasteiger partial charge in [0.05, 0.1) is 5.69 Å². The van der Waals surface area contributed by atoms with Crippen LogP contribution in [0, 0.1) is 12.7 Å². The first-order valence-electron chi connectivity index (χ1n) is 9.77. The average Bonchev–Trinajstić information content (AvgIpc) is 3.22. The van der Waals surface area contributed by atoms with E-state index in [2.05, 4.69) is 10.2 Å². The molecule has 4 rings (SSSR count). The van der Waals surface area contributed by atoms with Crippen molar-refractivity contribution in [2.45, 2.75) is 19.8 Å². The predicted molar refractivity (Wildman–Crippen MR) is 108 cm³/mol. The Bertz CT molecular complexity index is 996. The Balaban J connectivity index is 1.30. The van der Waals surface area contributed by atoms with E-state index in [-0.39, 0.29) is 11.7 Å². The van der Waals surface area contributed by atoms with Crippen molar-refractivity contribution in [2.75, 3.05) is 31.1 Å². The van der Waals surface area contributed by atoms with Crippen LogP contribution in [0.3, 0.4) is 0 Å². The van der Waals surface area contributed by atoms with Crippen molar-refractivity contribution in [2.24, 2.45) is 0 Å². The first-order chi connectivity index (χ1) is 14.1. The molecule has 1 aromatic heterocycles. The summed E-state index contributed by atoms with van der Waals surface area (Å²) in [4.78, 5) is 16.3. The SMILES string of the molecule is Cc1ccccc1-c1nnc(CCC(=O)N2CCN(c3ccccc3F)CC2)o1. The van der Waals surface area contributed by atoms with E-state index in [1.165, 1.54) is 6.07 Å². The zero-order valence-electron chi connectivity index (χ0n) is 16.3. The summed E-state index contributed by atoms with van der Waals surface area (Å²) in [6.45, 7) is 4.37. The standard InChI is InChI=1S/C22H23FN4O2/c1-16-6-2-3-7-17(16)22-25-24-20(29-22)10-11-21(28)27-14-12-26(13-15-27)19-9-5-4-8-18(19)23/h2-9H,10-15H2,1H3. The fourth-order valence-corrected chi connectivity index (χ4v) is 3.55. The zero-order chi connectivity index (χ0) is 20.2. The number of nitrogens with zero attached hydrogens (tertiary/aromatic N) is 4. The highest BCUT2D eigenvalue weighted by atomic mass is 19.1. The van der Waals surface area contributed by atoms with Gasteiger partial charge in [-0.1, -0.05) is 30.3 Å². The molecular weight excluding hydrogens is 371 g/mol. The topological polar surface area (TPSA) is 62.5 Å². The van der Waals surface area contributed by atoms with E-state index < -0.39 is 0 Å². The van der Waals surface area contributed by atoms with E-state index in [0.29, 0.717) is 56.5 Å². The minimum Gasteiger partial charge on any atom is -0.421 e. The Kier molecular flexibility index (Phi) is 5.55. The third kappa shape index (κ3) is 4.29. The lowest BCUT2D eigenvalue weighted by Crippen LogP contribution is -2.49. The number of aromatic nitrogens is 2. The Morgan fingerprint density at radius 3 is 2.52 bits per heavy atom. The van der Waals surface area contributed by atoms with Crippen molar-refractivity contribution in [1.29, 1.82) is 0 Å². The van der Waals surface area contributed by atoms with Gasteiger partial charge in [-0.05, 0) is 30.7 Å².